The third-order valence-corrected chi connectivity index (χ3v) is 6.60. The van der Waals surface area contributed by atoms with Gasteiger partial charge in [0, 0.05) is 23.9 Å². The van der Waals surface area contributed by atoms with Crippen LogP contribution >= 0.6 is 24.0 Å². The van der Waals surface area contributed by atoms with Crippen LogP contribution in [0.5, 0.6) is 5.75 Å². The largest absolute Gasteiger partial charge is 0.494 e. The highest BCUT2D eigenvalue weighted by Gasteiger charge is 2.32. The van der Waals surface area contributed by atoms with E-state index in [4.69, 9.17) is 27.2 Å². The van der Waals surface area contributed by atoms with Gasteiger partial charge in [0.25, 0.3) is 5.91 Å². The number of rotatable bonds is 8. The molecule has 0 aliphatic carbocycles. The van der Waals surface area contributed by atoms with Gasteiger partial charge in [0.15, 0.2) is 0 Å². The molecule has 1 amide bonds. The van der Waals surface area contributed by atoms with Gasteiger partial charge in [0.1, 0.15) is 15.8 Å². The maximum atomic E-state index is 12.9. The Morgan fingerprint density at radius 1 is 1.24 bits per heavy atom. The first-order chi connectivity index (χ1) is 16.4. The molecule has 0 bridgehead atoms. The lowest BCUT2D eigenvalue weighted by Crippen LogP contribution is -2.30. The molecule has 0 atom stereocenters. The number of amides is 1. The number of carbonyl (C=O) groups is 2. The number of nitrogens with zero attached hydrogens (tertiary/aromatic N) is 3. The van der Waals surface area contributed by atoms with Crippen LogP contribution in [0.2, 0.25) is 0 Å². The second kappa shape index (κ2) is 10.2. The Morgan fingerprint density at radius 2 is 2.00 bits per heavy atom. The van der Waals surface area contributed by atoms with E-state index in [-0.39, 0.29) is 18.9 Å². The fraction of sp³-hybridized carbons (Fsp3) is 0.200. The van der Waals surface area contributed by atoms with E-state index in [1.165, 1.54) is 16.7 Å². The summed E-state index contributed by atoms with van der Waals surface area (Å²) in [4.78, 5) is 25.7. The molecule has 1 aliphatic heterocycles. The van der Waals surface area contributed by atoms with Crippen molar-refractivity contribution >= 4 is 46.3 Å². The highest BCUT2D eigenvalue weighted by atomic mass is 32.2. The molecule has 7 nitrogen and oxygen atoms in total. The molecule has 3 aromatic rings. The van der Waals surface area contributed by atoms with Crippen LogP contribution in [0.25, 0.3) is 23.0 Å². The Hall–Kier alpha value is -3.43. The first-order valence-electron chi connectivity index (χ1n) is 10.7. The molecule has 1 saturated heterocycles. The summed E-state index contributed by atoms with van der Waals surface area (Å²) in [5.74, 6) is -0.456. The maximum Gasteiger partial charge on any atom is 0.305 e. The molecule has 2 heterocycles. The Bertz CT molecular complexity index is 1280. The molecule has 2 aromatic carbocycles. The Labute approximate surface area is 207 Å². The van der Waals surface area contributed by atoms with Crippen molar-refractivity contribution < 1.29 is 19.4 Å². The normalized spacial score (nSPS) is 14.8. The van der Waals surface area contributed by atoms with Crippen LogP contribution in [0.3, 0.4) is 0 Å². The molecule has 1 aromatic heterocycles. The minimum Gasteiger partial charge on any atom is -0.494 e. The summed E-state index contributed by atoms with van der Waals surface area (Å²) in [6.07, 6.45) is 3.48. The SMILES string of the molecule is CCOc1ccc(-c2nn(-c3ccccc3)cc2/C=C2/SC(=S)N(CCC(=O)O)C2=O)cc1C. The number of ether oxygens (including phenoxy) is 1. The highest BCUT2D eigenvalue weighted by molar-refractivity contribution is 8.26. The van der Waals surface area contributed by atoms with E-state index < -0.39 is 5.97 Å². The summed E-state index contributed by atoms with van der Waals surface area (Å²) in [5, 5.41) is 13.8. The number of hydrogen-bond donors (Lipinski definition) is 1. The van der Waals surface area contributed by atoms with E-state index in [1.807, 2.05) is 68.6 Å². The van der Waals surface area contributed by atoms with Crippen LogP contribution in [0, 0.1) is 6.92 Å². The van der Waals surface area contributed by atoms with Crippen LogP contribution in [0.15, 0.2) is 59.6 Å². The number of thiocarbonyl (C=S) groups is 1. The van der Waals surface area contributed by atoms with Gasteiger partial charge >= 0.3 is 5.97 Å². The molecule has 34 heavy (non-hydrogen) atoms. The van der Waals surface area contributed by atoms with Gasteiger partial charge in [-0.1, -0.05) is 42.2 Å². The van der Waals surface area contributed by atoms with Gasteiger partial charge in [0.05, 0.1) is 23.6 Å². The van der Waals surface area contributed by atoms with Gasteiger partial charge in [0.2, 0.25) is 0 Å². The van der Waals surface area contributed by atoms with Crippen molar-refractivity contribution in [3.8, 4) is 22.7 Å². The third kappa shape index (κ3) is 5.05. The van der Waals surface area contributed by atoms with Gasteiger partial charge in [-0.2, -0.15) is 5.10 Å². The van der Waals surface area contributed by atoms with Crippen molar-refractivity contribution in [3.63, 3.8) is 0 Å². The fourth-order valence-corrected chi connectivity index (χ4v) is 4.89. The van der Waals surface area contributed by atoms with Gasteiger partial charge in [-0.25, -0.2) is 4.68 Å². The van der Waals surface area contributed by atoms with Gasteiger partial charge < -0.3 is 9.84 Å². The van der Waals surface area contributed by atoms with Crippen LogP contribution in [-0.2, 0) is 9.59 Å². The van der Waals surface area contributed by atoms with Crippen molar-refractivity contribution in [1.82, 2.24) is 14.7 Å². The standard InChI is InChI=1S/C25H23N3O4S2/c1-3-32-20-10-9-17(13-16(20)2)23-18(15-28(26-23)19-7-5-4-6-8-19)14-21-24(31)27(25(33)34-21)12-11-22(29)30/h4-10,13-15H,3,11-12H2,1-2H3,(H,29,30)/b21-14+. The first-order valence-corrected chi connectivity index (χ1v) is 12.0. The molecule has 1 aliphatic rings. The summed E-state index contributed by atoms with van der Waals surface area (Å²) in [5.41, 5.74) is 4.24. The number of thioether (sulfide) groups is 1. The number of carboxylic acids is 1. The fourth-order valence-electron chi connectivity index (χ4n) is 3.59. The lowest BCUT2D eigenvalue weighted by molar-refractivity contribution is -0.137. The molecule has 1 N–H and O–H groups in total. The number of carboxylic acid groups (broad SMARTS) is 1. The average molecular weight is 494 g/mol. The lowest BCUT2D eigenvalue weighted by Gasteiger charge is -2.12. The van der Waals surface area contributed by atoms with Gasteiger partial charge in [-0.05, 0) is 55.8 Å². The molecule has 0 spiro atoms. The minimum absolute atomic E-state index is 0.0472. The number of aromatic nitrogens is 2. The van der Waals surface area contributed by atoms with Crippen molar-refractivity contribution in [2.75, 3.05) is 13.2 Å². The van der Waals surface area contributed by atoms with Crippen molar-refractivity contribution in [2.24, 2.45) is 0 Å². The molecular formula is C25H23N3O4S2. The third-order valence-electron chi connectivity index (χ3n) is 5.22. The number of hydrogen-bond acceptors (Lipinski definition) is 6. The molecule has 174 valence electrons. The highest BCUT2D eigenvalue weighted by Crippen LogP contribution is 2.35. The second-order valence-corrected chi connectivity index (χ2v) is 9.28. The average Bonchev–Trinajstić information content (AvgIpc) is 3.35. The lowest BCUT2D eigenvalue weighted by atomic mass is 10.0. The first kappa shape index (κ1) is 23.7. The van der Waals surface area contributed by atoms with E-state index in [0.717, 1.165) is 28.1 Å². The Morgan fingerprint density at radius 3 is 2.68 bits per heavy atom. The van der Waals surface area contributed by atoms with Crippen molar-refractivity contribution in [3.05, 3.63) is 70.8 Å². The number of aryl methyl sites for hydroxylation is 1. The summed E-state index contributed by atoms with van der Waals surface area (Å²) in [7, 11) is 0. The molecule has 0 radical (unpaired) electrons. The zero-order valence-corrected chi connectivity index (χ0v) is 20.4. The summed E-state index contributed by atoms with van der Waals surface area (Å²) in [6.45, 7) is 4.55. The predicted octanol–water partition coefficient (Wildman–Crippen LogP) is 4.92. The monoisotopic (exact) mass is 493 g/mol. The van der Waals surface area contributed by atoms with Crippen molar-refractivity contribution in [1.29, 1.82) is 0 Å². The van der Waals surface area contributed by atoms with Gasteiger partial charge in [-0.3, -0.25) is 14.5 Å². The molecule has 1 fully saturated rings. The zero-order chi connectivity index (χ0) is 24.2. The number of carbonyl (C=O) groups excluding carboxylic acids is 1. The Kier molecular flexibility index (Phi) is 7.14. The molecule has 0 saturated carbocycles. The number of benzene rings is 2. The van der Waals surface area contributed by atoms with Crippen LogP contribution in [0.1, 0.15) is 24.5 Å². The minimum atomic E-state index is -0.977. The van der Waals surface area contributed by atoms with E-state index in [1.54, 1.807) is 10.8 Å². The predicted molar refractivity (Wildman–Crippen MR) is 137 cm³/mol. The maximum absolute atomic E-state index is 12.9. The van der Waals surface area contributed by atoms with E-state index in [0.29, 0.717) is 21.5 Å². The van der Waals surface area contributed by atoms with Crippen LogP contribution in [0.4, 0.5) is 0 Å². The number of para-hydroxylation sites is 1. The summed E-state index contributed by atoms with van der Waals surface area (Å²) in [6, 6.07) is 15.6. The zero-order valence-electron chi connectivity index (χ0n) is 18.7. The van der Waals surface area contributed by atoms with Crippen LogP contribution < -0.4 is 4.74 Å². The quantitative estimate of drug-likeness (QED) is 0.352. The van der Waals surface area contributed by atoms with E-state index >= 15 is 0 Å². The van der Waals surface area contributed by atoms with E-state index in [2.05, 4.69) is 0 Å². The molecule has 4 rings (SSSR count). The van der Waals surface area contributed by atoms with Crippen molar-refractivity contribution in [2.45, 2.75) is 20.3 Å². The Balaban J connectivity index is 1.75. The molecule has 9 heteroatoms. The molecular weight excluding hydrogens is 470 g/mol. The van der Waals surface area contributed by atoms with Crippen LogP contribution in [-0.4, -0.2) is 49.1 Å². The second-order valence-electron chi connectivity index (χ2n) is 7.60. The molecule has 0 unspecified atom stereocenters. The topological polar surface area (TPSA) is 84.7 Å². The smallest absolute Gasteiger partial charge is 0.305 e. The summed E-state index contributed by atoms with van der Waals surface area (Å²) < 4.78 is 7.80. The number of aliphatic carboxylic acids is 1. The summed E-state index contributed by atoms with van der Waals surface area (Å²) >= 11 is 6.50. The van der Waals surface area contributed by atoms with Gasteiger partial charge in [-0.15, -0.1) is 0 Å². The van der Waals surface area contributed by atoms with E-state index in [9.17, 15) is 9.59 Å².